The third-order valence-electron chi connectivity index (χ3n) is 2.73. The fourth-order valence-corrected chi connectivity index (χ4v) is 1.72. The van der Waals surface area contributed by atoms with Crippen molar-refractivity contribution in [1.82, 2.24) is 10.2 Å². The van der Waals surface area contributed by atoms with Crippen LogP contribution in [0.15, 0.2) is 0 Å². The smallest absolute Gasteiger partial charge is 0.223 e. The average Bonchev–Trinajstić information content (AvgIpc) is 2.12. The van der Waals surface area contributed by atoms with Crippen LogP contribution in [0.25, 0.3) is 0 Å². The molecule has 0 saturated heterocycles. The Morgan fingerprint density at radius 2 is 1.75 bits per heavy atom. The molecule has 3 heteroatoms. The van der Waals surface area contributed by atoms with Crippen molar-refractivity contribution in [1.29, 1.82) is 0 Å². The first kappa shape index (κ1) is 15.4. The number of hydrogen-bond acceptors (Lipinski definition) is 2. The Bertz CT molecular complexity index is 200. The van der Waals surface area contributed by atoms with Gasteiger partial charge < -0.3 is 10.2 Å². The van der Waals surface area contributed by atoms with Crippen molar-refractivity contribution < 1.29 is 4.79 Å². The van der Waals surface area contributed by atoms with Crippen LogP contribution >= 0.6 is 0 Å². The highest BCUT2D eigenvalue weighted by Gasteiger charge is 2.22. The Labute approximate surface area is 101 Å². The summed E-state index contributed by atoms with van der Waals surface area (Å²) < 4.78 is 0. The zero-order valence-electron chi connectivity index (χ0n) is 11.7. The molecule has 1 unspecified atom stereocenters. The van der Waals surface area contributed by atoms with E-state index in [9.17, 15) is 4.79 Å². The monoisotopic (exact) mass is 228 g/mol. The Morgan fingerprint density at radius 3 is 2.12 bits per heavy atom. The summed E-state index contributed by atoms with van der Waals surface area (Å²) in [6, 6.07) is 0. The Kier molecular flexibility index (Phi) is 7.39. The van der Waals surface area contributed by atoms with Crippen LogP contribution in [0.1, 0.15) is 34.1 Å². The van der Waals surface area contributed by atoms with Gasteiger partial charge in [0.2, 0.25) is 5.91 Å². The van der Waals surface area contributed by atoms with E-state index in [-0.39, 0.29) is 11.8 Å². The third-order valence-corrected chi connectivity index (χ3v) is 2.73. The molecule has 0 spiro atoms. The third kappa shape index (κ3) is 6.83. The Hall–Kier alpha value is -0.570. The standard InChI is InChI=1S/C13H28N2O/c1-10(2)9-12(11(3)4)13(16)14-7-8-15(5)6/h10-12H,7-9H2,1-6H3,(H,14,16). The molecule has 0 saturated carbocycles. The highest BCUT2D eigenvalue weighted by Crippen LogP contribution is 2.20. The molecule has 1 amide bonds. The fourth-order valence-electron chi connectivity index (χ4n) is 1.72. The SMILES string of the molecule is CC(C)CC(C(=O)NCCN(C)C)C(C)C. The molecular weight excluding hydrogens is 200 g/mol. The van der Waals surface area contributed by atoms with Crippen molar-refractivity contribution in [3.63, 3.8) is 0 Å². The lowest BCUT2D eigenvalue weighted by atomic mass is 9.87. The van der Waals surface area contributed by atoms with Gasteiger partial charge in [0, 0.05) is 19.0 Å². The zero-order chi connectivity index (χ0) is 12.7. The molecule has 16 heavy (non-hydrogen) atoms. The number of nitrogens with one attached hydrogen (secondary N) is 1. The average molecular weight is 228 g/mol. The first-order valence-electron chi connectivity index (χ1n) is 6.27. The number of rotatable bonds is 7. The minimum Gasteiger partial charge on any atom is -0.355 e. The quantitative estimate of drug-likeness (QED) is 0.722. The first-order valence-corrected chi connectivity index (χ1v) is 6.27. The first-order chi connectivity index (χ1) is 7.34. The molecule has 0 aliphatic rings. The van der Waals surface area contributed by atoms with E-state index in [0.717, 1.165) is 19.5 Å². The van der Waals surface area contributed by atoms with Crippen molar-refractivity contribution >= 4 is 5.91 Å². The van der Waals surface area contributed by atoms with E-state index in [0.29, 0.717) is 11.8 Å². The molecule has 0 aromatic heterocycles. The lowest BCUT2D eigenvalue weighted by Gasteiger charge is -2.22. The second-order valence-corrected chi connectivity index (χ2v) is 5.57. The molecule has 1 N–H and O–H groups in total. The van der Waals surface area contributed by atoms with Crippen molar-refractivity contribution in [3.8, 4) is 0 Å². The minimum atomic E-state index is 0.155. The van der Waals surface area contributed by atoms with Gasteiger partial charge in [-0.3, -0.25) is 4.79 Å². The summed E-state index contributed by atoms with van der Waals surface area (Å²) in [5.74, 6) is 1.36. The molecule has 0 radical (unpaired) electrons. The van der Waals surface area contributed by atoms with E-state index in [2.05, 4.69) is 37.9 Å². The van der Waals surface area contributed by atoms with Crippen molar-refractivity contribution in [2.75, 3.05) is 27.2 Å². The summed E-state index contributed by atoms with van der Waals surface area (Å²) in [4.78, 5) is 14.0. The van der Waals surface area contributed by atoms with Gasteiger partial charge in [0.1, 0.15) is 0 Å². The van der Waals surface area contributed by atoms with Gasteiger partial charge in [-0.15, -0.1) is 0 Å². The zero-order valence-corrected chi connectivity index (χ0v) is 11.7. The van der Waals surface area contributed by atoms with E-state index in [1.54, 1.807) is 0 Å². The van der Waals surface area contributed by atoms with Gasteiger partial charge in [0.25, 0.3) is 0 Å². The minimum absolute atomic E-state index is 0.155. The van der Waals surface area contributed by atoms with Crippen LogP contribution < -0.4 is 5.32 Å². The molecule has 96 valence electrons. The number of nitrogens with zero attached hydrogens (tertiary/aromatic N) is 1. The van der Waals surface area contributed by atoms with E-state index in [1.807, 2.05) is 14.1 Å². The van der Waals surface area contributed by atoms with Crippen LogP contribution in [0, 0.1) is 17.8 Å². The van der Waals surface area contributed by atoms with Crippen LogP contribution in [0.5, 0.6) is 0 Å². The molecule has 0 aliphatic carbocycles. The molecule has 0 aliphatic heterocycles. The lowest BCUT2D eigenvalue weighted by molar-refractivity contribution is -0.126. The van der Waals surface area contributed by atoms with Gasteiger partial charge in [0.05, 0.1) is 0 Å². The maximum absolute atomic E-state index is 12.0. The Morgan fingerprint density at radius 1 is 1.19 bits per heavy atom. The predicted molar refractivity (Wildman–Crippen MR) is 69.3 cm³/mol. The summed E-state index contributed by atoms with van der Waals surface area (Å²) in [6.45, 7) is 10.2. The summed E-state index contributed by atoms with van der Waals surface area (Å²) in [7, 11) is 4.03. The molecule has 0 bridgehead atoms. The second kappa shape index (κ2) is 7.66. The van der Waals surface area contributed by atoms with Gasteiger partial charge >= 0.3 is 0 Å². The van der Waals surface area contributed by atoms with Crippen LogP contribution in [0.3, 0.4) is 0 Å². The number of amides is 1. The lowest BCUT2D eigenvalue weighted by Crippen LogP contribution is -2.38. The normalized spacial score (nSPS) is 13.6. The van der Waals surface area contributed by atoms with E-state index >= 15 is 0 Å². The van der Waals surface area contributed by atoms with Gasteiger partial charge in [-0.1, -0.05) is 27.7 Å². The largest absolute Gasteiger partial charge is 0.355 e. The number of hydrogen-bond donors (Lipinski definition) is 1. The maximum atomic E-state index is 12.0. The molecule has 0 fully saturated rings. The van der Waals surface area contributed by atoms with Crippen LogP contribution in [0.2, 0.25) is 0 Å². The van der Waals surface area contributed by atoms with Crippen LogP contribution in [0.4, 0.5) is 0 Å². The molecule has 3 nitrogen and oxygen atoms in total. The summed E-state index contributed by atoms with van der Waals surface area (Å²) in [5, 5.41) is 3.02. The van der Waals surface area contributed by atoms with E-state index in [4.69, 9.17) is 0 Å². The second-order valence-electron chi connectivity index (χ2n) is 5.57. The molecule has 0 heterocycles. The number of likely N-dealkylation sites (N-methyl/N-ethyl adjacent to an activating group) is 1. The fraction of sp³-hybridized carbons (Fsp3) is 0.923. The Balaban J connectivity index is 4.07. The summed E-state index contributed by atoms with van der Waals surface area (Å²) in [5.41, 5.74) is 0. The number of carbonyl (C=O) groups excluding carboxylic acids is 1. The van der Waals surface area contributed by atoms with Gasteiger partial charge in [-0.25, -0.2) is 0 Å². The van der Waals surface area contributed by atoms with Gasteiger partial charge in [0.15, 0.2) is 0 Å². The van der Waals surface area contributed by atoms with Crippen molar-refractivity contribution in [3.05, 3.63) is 0 Å². The summed E-state index contributed by atoms with van der Waals surface area (Å²) >= 11 is 0. The molecular formula is C13H28N2O. The predicted octanol–water partition coefficient (Wildman–Crippen LogP) is 1.98. The number of carbonyl (C=O) groups is 1. The van der Waals surface area contributed by atoms with Gasteiger partial charge in [-0.2, -0.15) is 0 Å². The highest BCUT2D eigenvalue weighted by atomic mass is 16.1. The highest BCUT2D eigenvalue weighted by molar-refractivity contribution is 5.78. The van der Waals surface area contributed by atoms with Crippen molar-refractivity contribution in [2.24, 2.45) is 17.8 Å². The maximum Gasteiger partial charge on any atom is 0.223 e. The van der Waals surface area contributed by atoms with Crippen LogP contribution in [-0.2, 0) is 4.79 Å². The molecule has 0 rings (SSSR count). The molecule has 1 atom stereocenters. The topological polar surface area (TPSA) is 32.3 Å². The van der Waals surface area contributed by atoms with Gasteiger partial charge in [-0.05, 0) is 32.4 Å². The van der Waals surface area contributed by atoms with Crippen molar-refractivity contribution in [2.45, 2.75) is 34.1 Å². The molecule has 0 aromatic carbocycles. The van der Waals surface area contributed by atoms with E-state index < -0.39 is 0 Å². The van der Waals surface area contributed by atoms with E-state index in [1.165, 1.54) is 0 Å². The molecule has 0 aromatic rings. The van der Waals surface area contributed by atoms with Crippen LogP contribution in [-0.4, -0.2) is 38.0 Å². The summed E-state index contributed by atoms with van der Waals surface area (Å²) in [6.07, 6.45) is 0.978.